The van der Waals surface area contributed by atoms with Crippen LogP contribution in [-0.4, -0.2) is 174 Å². The van der Waals surface area contributed by atoms with Gasteiger partial charge in [0.2, 0.25) is 5.95 Å². The second-order valence-electron chi connectivity index (χ2n) is 19.6. The minimum Gasteiger partial charge on any atom is -0.481 e. The molecular formula is C55H80N8O16. The van der Waals surface area contributed by atoms with Gasteiger partial charge in [0, 0.05) is 37.6 Å². The third-order valence-corrected chi connectivity index (χ3v) is 12.8. The van der Waals surface area contributed by atoms with Gasteiger partial charge in [-0.2, -0.15) is 9.97 Å². The summed E-state index contributed by atoms with van der Waals surface area (Å²) in [4.78, 5) is 65.8. The number of aliphatic hydroxyl groups excluding tert-OH is 9. The molecule has 2 aromatic heterocycles. The first kappa shape index (κ1) is 66.5. The number of unbranched alkanes of at least 4 members (excludes halogenated alkanes) is 2. The van der Waals surface area contributed by atoms with Crippen LogP contribution in [0.25, 0.3) is 11.2 Å². The lowest BCUT2D eigenvalue weighted by Gasteiger charge is -2.29. The number of aliphatic carboxylic acids is 2. The normalized spacial score (nSPS) is 27.4. The van der Waals surface area contributed by atoms with Crippen molar-refractivity contribution in [3.05, 3.63) is 102 Å². The molecule has 1 aliphatic rings. The highest BCUT2D eigenvalue weighted by Gasteiger charge is 2.38. The Morgan fingerprint density at radius 1 is 0.772 bits per heavy atom. The van der Waals surface area contributed by atoms with E-state index in [9.17, 15) is 70.2 Å². The summed E-state index contributed by atoms with van der Waals surface area (Å²) in [7, 11) is 1.82. The summed E-state index contributed by atoms with van der Waals surface area (Å²) in [5.41, 5.74) is 14.3. The number of amides is 1. The molecule has 3 aromatic rings. The number of esters is 1. The molecule has 0 fully saturated rings. The number of carbonyl (C=O) groups excluding carboxylic acids is 2. The fourth-order valence-corrected chi connectivity index (χ4v) is 8.29. The molecule has 1 aliphatic heterocycles. The van der Waals surface area contributed by atoms with Crippen LogP contribution in [0.5, 0.6) is 0 Å². The lowest BCUT2D eigenvalue weighted by Crippen LogP contribution is -2.43. The summed E-state index contributed by atoms with van der Waals surface area (Å²) < 4.78 is 5.42. The minimum atomic E-state index is -1.52. The zero-order valence-electron chi connectivity index (χ0n) is 45.1. The Bertz CT molecular complexity index is 2550. The van der Waals surface area contributed by atoms with Gasteiger partial charge in [0.05, 0.1) is 67.3 Å². The van der Waals surface area contributed by atoms with Crippen molar-refractivity contribution in [3.8, 4) is 0 Å². The van der Waals surface area contributed by atoms with E-state index >= 15 is 0 Å². The Morgan fingerprint density at radius 2 is 1.34 bits per heavy atom. The van der Waals surface area contributed by atoms with Crippen molar-refractivity contribution >= 4 is 52.4 Å². The molecule has 436 valence electrons. The van der Waals surface area contributed by atoms with Gasteiger partial charge in [0.25, 0.3) is 5.91 Å². The Hall–Kier alpha value is -6.74. The number of anilines is 3. The van der Waals surface area contributed by atoms with Crippen molar-refractivity contribution in [1.82, 2.24) is 25.3 Å². The van der Waals surface area contributed by atoms with Crippen LogP contribution in [0, 0.1) is 5.92 Å². The third-order valence-electron chi connectivity index (χ3n) is 12.8. The van der Waals surface area contributed by atoms with Gasteiger partial charge in [-0.05, 0) is 82.2 Å². The SMILES string of the molecule is CCCCCC(O)C1C(=O)OC(C)C(O)/C=C/C=C/C=C/C=C/C=C(\C)C(O)CC(O)CC(O)CC(O)CC(O)CC(O)CC1O.CN(Cc1cnc2nc(N)nc(N)c2n1)c1ccc(C(=O)N[C@@H](CCC(=O)O)C(=O)O)cc1. The number of ether oxygens (including phenoxy) is 1. The van der Waals surface area contributed by atoms with Crippen molar-refractivity contribution in [2.75, 3.05) is 23.4 Å². The van der Waals surface area contributed by atoms with E-state index in [1.165, 1.54) is 25.1 Å². The first-order chi connectivity index (χ1) is 37.4. The largest absolute Gasteiger partial charge is 0.481 e. The van der Waals surface area contributed by atoms with Crippen molar-refractivity contribution in [3.63, 3.8) is 0 Å². The first-order valence-corrected chi connectivity index (χ1v) is 26.2. The van der Waals surface area contributed by atoms with Crippen LogP contribution in [0.1, 0.15) is 114 Å². The van der Waals surface area contributed by atoms with Gasteiger partial charge in [0.1, 0.15) is 24.2 Å². The smallest absolute Gasteiger partial charge is 0.326 e. The predicted molar refractivity (Wildman–Crippen MR) is 294 cm³/mol. The van der Waals surface area contributed by atoms with Crippen LogP contribution in [-0.2, 0) is 25.7 Å². The summed E-state index contributed by atoms with van der Waals surface area (Å²) in [5.74, 6) is -5.24. The Morgan fingerprint density at radius 3 is 1.92 bits per heavy atom. The average Bonchev–Trinajstić information content (AvgIpc) is 3.37. The van der Waals surface area contributed by atoms with E-state index in [1.807, 2.05) is 18.9 Å². The van der Waals surface area contributed by atoms with E-state index in [4.69, 9.17) is 21.3 Å². The number of rotatable bonds is 14. The molecule has 1 amide bonds. The number of fused-ring (bicyclic) bond motifs is 1. The molecule has 0 radical (unpaired) electrons. The van der Waals surface area contributed by atoms with Crippen LogP contribution < -0.4 is 21.7 Å². The maximum atomic E-state index is 13.1. The van der Waals surface area contributed by atoms with Gasteiger partial charge in [-0.15, -0.1) is 0 Å². The van der Waals surface area contributed by atoms with Crippen LogP contribution in [0.3, 0.4) is 0 Å². The zero-order valence-corrected chi connectivity index (χ0v) is 45.1. The summed E-state index contributed by atoms with van der Waals surface area (Å²) in [6, 6.07) is 5.16. The number of hydrogen-bond acceptors (Lipinski definition) is 21. The molecule has 79 heavy (non-hydrogen) atoms. The number of carboxylic acid groups (broad SMARTS) is 2. The molecule has 11 unspecified atom stereocenters. The maximum absolute atomic E-state index is 13.1. The molecule has 24 nitrogen and oxygen atoms in total. The number of cyclic esters (lactones) is 1. The molecular weight excluding hydrogens is 1030 g/mol. The number of carboxylic acids is 2. The highest BCUT2D eigenvalue weighted by Crippen LogP contribution is 2.25. The number of aromatic nitrogens is 4. The minimum absolute atomic E-state index is 0.0138. The molecule has 0 bridgehead atoms. The number of nitrogen functional groups attached to an aromatic ring is 2. The highest BCUT2D eigenvalue weighted by molar-refractivity contribution is 5.97. The van der Waals surface area contributed by atoms with Gasteiger partial charge < -0.3 is 82.6 Å². The molecule has 0 saturated carbocycles. The second kappa shape index (κ2) is 34.3. The van der Waals surface area contributed by atoms with E-state index in [1.54, 1.807) is 73.9 Å². The van der Waals surface area contributed by atoms with E-state index in [-0.39, 0.29) is 75.1 Å². The highest BCUT2D eigenvalue weighted by atomic mass is 16.6. The number of benzene rings is 1. The zero-order chi connectivity index (χ0) is 58.8. The lowest BCUT2D eigenvalue weighted by atomic mass is 9.87. The van der Waals surface area contributed by atoms with Crippen molar-refractivity contribution in [2.24, 2.45) is 5.92 Å². The van der Waals surface area contributed by atoms with Gasteiger partial charge in [0.15, 0.2) is 17.0 Å². The summed E-state index contributed by atoms with van der Waals surface area (Å²) in [6.07, 6.45) is 5.65. The monoisotopic (exact) mass is 1110 g/mol. The number of nitrogens with two attached hydrogens (primary N) is 2. The first-order valence-electron chi connectivity index (χ1n) is 26.2. The Balaban J connectivity index is 0.000000436. The molecule has 0 saturated heterocycles. The quantitative estimate of drug-likeness (QED) is 0.0812. The average molecular weight is 1110 g/mol. The van der Waals surface area contributed by atoms with Gasteiger partial charge in [-0.3, -0.25) is 14.4 Å². The Labute approximate surface area is 459 Å². The van der Waals surface area contributed by atoms with E-state index in [0.29, 0.717) is 35.4 Å². The number of nitrogens with zero attached hydrogens (tertiary/aromatic N) is 5. The lowest BCUT2D eigenvalue weighted by molar-refractivity contribution is -0.168. The molecule has 3 heterocycles. The summed E-state index contributed by atoms with van der Waals surface area (Å²) in [6.45, 7) is 5.55. The van der Waals surface area contributed by atoms with Gasteiger partial charge in [-0.25, -0.2) is 14.8 Å². The predicted octanol–water partition coefficient (Wildman–Crippen LogP) is 2.16. The number of carbonyl (C=O) groups is 4. The van der Waals surface area contributed by atoms with Gasteiger partial charge in [-0.1, -0.05) is 80.9 Å². The molecule has 4 rings (SSSR count). The number of allylic oxidation sites excluding steroid dienone is 8. The van der Waals surface area contributed by atoms with Crippen LogP contribution in [0.2, 0.25) is 0 Å². The number of nitrogens with one attached hydrogen (secondary N) is 1. The molecule has 0 aliphatic carbocycles. The van der Waals surface area contributed by atoms with E-state index < -0.39 is 96.8 Å². The fourth-order valence-electron chi connectivity index (χ4n) is 8.29. The Kier molecular flexibility index (Phi) is 28.9. The molecule has 1 aromatic carbocycles. The topological polar surface area (TPSA) is 419 Å². The van der Waals surface area contributed by atoms with Crippen LogP contribution in [0.4, 0.5) is 17.5 Å². The van der Waals surface area contributed by atoms with Gasteiger partial charge >= 0.3 is 17.9 Å². The maximum Gasteiger partial charge on any atom is 0.326 e. The van der Waals surface area contributed by atoms with E-state index in [0.717, 1.165) is 18.5 Å². The van der Waals surface area contributed by atoms with E-state index in [2.05, 4.69) is 25.3 Å². The third kappa shape index (κ3) is 24.4. The number of hydrogen-bond donors (Lipinski definition) is 14. The molecule has 12 atom stereocenters. The molecule has 16 N–H and O–H groups in total. The molecule has 0 spiro atoms. The summed E-state index contributed by atoms with van der Waals surface area (Å²) in [5, 5.41) is 115. The second-order valence-corrected chi connectivity index (χ2v) is 19.6. The molecule has 24 heteroatoms. The van der Waals surface area contributed by atoms with Crippen LogP contribution >= 0.6 is 0 Å². The van der Waals surface area contributed by atoms with Crippen LogP contribution in [0.15, 0.2) is 90.7 Å². The van der Waals surface area contributed by atoms with Crippen molar-refractivity contribution in [1.29, 1.82) is 0 Å². The number of aliphatic hydroxyl groups is 9. The van der Waals surface area contributed by atoms with Crippen molar-refractivity contribution < 1.29 is 80.1 Å². The summed E-state index contributed by atoms with van der Waals surface area (Å²) >= 11 is 0. The van der Waals surface area contributed by atoms with Crippen molar-refractivity contribution in [2.45, 2.75) is 171 Å². The fraction of sp³-hybridized carbons (Fsp3) is 0.527. The standard InChI is InChI=1S/C35H58O11.C20H22N8O5/c1-4-5-11-16-31(42)34-33(44)22-29(40)20-27(38)18-25(36)17-26(37)19-28(39)21-32(43)23(2)14-12-9-7-6-8-10-13-15-30(41)24(3)46-35(34)45;1-28(9-11-8-23-17-15(24-11)16(21)26-20(22)27-17)12-4-2-10(3-5-12)18(31)25-13(19(32)33)6-7-14(29)30/h6-10,12-15,24-34,36-44H,4-5,11,16-22H2,1-3H3;2-5,8,13H,6-7,9H2,1H3,(H,25,31)(H,29,30)(H,32,33)(H4,21,22,23,26,27)/b7-6+,10-8+,12-9+,15-13+,23-14+;/t;13-/m.0/s1.